The average Bonchev–Trinajstić information content (AvgIpc) is 2.72. The largest absolute Gasteiger partial charge is 0.354 e. The summed E-state index contributed by atoms with van der Waals surface area (Å²) >= 11 is 3.50. The first-order valence-corrected chi connectivity index (χ1v) is 11.2. The Balaban J connectivity index is 1.61. The van der Waals surface area contributed by atoms with Gasteiger partial charge in [-0.1, -0.05) is 67.2 Å². The van der Waals surface area contributed by atoms with Crippen molar-refractivity contribution in [3.63, 3.8) is 0 Å². The molecule has 3 nitrogen and oxygen atoms in total. The minimum absolute atomic E-state index is 0.751. The van der Waals surface area contributed by atoms with E-state index in [1.165, 1.54) is 37.7 Å². The first-order valence-electron chi connectivity index (χ1n) is 10.4. The molecule has 2 aromatic rings. The lowest BCUT2D eigenvalue weighted by molar-refractivity contribution is 0.168. The van der Waals surface area contributed by atoms with Crippen LogP contribution in [0.15, 0.2) is 46.9 Å². The van der Waals surface area contributed by atoms with Gasteiger partial charge in [0.2, 0.25) is 0 Å². The normalized spacial score (nSPS) is 16.5. The lowest BCUT2D eigenvalue weighted by Gasteiger charge is -2.39. The van der Waals surface area contributed by atoms with E-state index in [0.29, 0.717) is 0 Å². The molecular weight excluding hydrogens is 398 g/mol. The zero-order valence-electron chi connectivity index (χ0n) is 16.7. The molecule has 1 aromatic heterocycles. The van der Waals surface area contributed by atoms with Gasteiger partial charge in [0.1, 0.15) is 5.82 Å². The molecule has 27 heavy (non-hydrogen) atoms. The van der Waals surface area contributed by atoms with E-state index < -0.39 is 0 Å². The maximum atomic E-state index is 4.94. The molecule has 0 saturated carbocycles. The van der Waals surface area contributed by atoms with E-state index in [2.05, 4.69) is 82.0 Å². The second-order valence-corrected chi connectivity index (χ2v) is 8.38. The quantitative estimate of drug-likeness (QED) is 0.480. The number of aromatic nitrogens is 1. The van der Waals surface area contributed by atoms with Gasteiger partial charge in [-0.15, -0.1) is 0 Å². The van der Waals surface area contributed by atoms with Crippen LogP contribution in [-0.4, -0.2) is 42.1 Å². The van der Waals surface area contributed by atoms with Crippen LogP contribution in [0.4, 0.5) is 5.82 Å². The highest BCUT2D eigenvalue weighted by molar-refractivity contribution is 9.10. The number of nitrogens with zero attached hydrogens (tertiary/aromatic N) is 3. The minimum atomic E-state index is 0.751. The van der Waals surface area contributed by atoms with Crippen molar-refractivity contribution < 1.29 is 0 Å². The number of anilines is 1. The number of hydrogen-bond acceptors (Lipinski definition) is 3. The van der Waals surface area contributed by atoms with Gasteiger partial charge >= 0.3 is 0 Å². The van der Waals surface area contributed by atoms with Crippen molar-refractivity contribution in [3.8, 4) is 11.3 Å². The molecule has 0 amide bonds. The van der Waals surface area contributed by atoms with Gasteiger partial charge in [0.15, 0.2) is 0 Å². The van der Waals surface area contributed by atoms with Crippen molar-refractivity contribution in [2.75, 3.05) is 31.1 Å². The molecule has 3 rings (SSSR count). The summed E-state index contributed by atoms with van der Waals surface area (Å²) < 4.78 is 1.10. The van der Waals surface area contributed by atoms with Crippen molar-refractivity contribution >= 4 is 21.7 Å². The van der Waals surface area contributed by atoms with Crippen LogP contribution < -0.4 is 4.90 Å². The van der Waals surface area contributed by atoms with Crippen molar-refractivity contribution in [3.05, 3.63) is 46.9 Å². The Hall–Kier alpha value is -1.39. The van der Waals surface area contributed by atoms with E-state index in [-0.39, 0.29) is 0 Å². The van der Waals surface area contributed by atoms with Crippen LogP contribution >= 0.6 is 15.9 Å². The predicted octanol–water partition coefficient (Wildman–Crippen LogP) is 5.99. The molecule has 1 atom stereocenters. The summed E-state index contributed by atoms with van der Waals surface area (Å²) in [4.78, 5) is 10.1. The maximum absolute atomic E-state index is 4.94. The van der Waals surface area contributed by atoms with Crippen LogP contribution in [0, 0.1) is 0 Å². The Morgan fingerprint density at radius 2 is 1.70 bits per heavy atom. The molecule has 1 unspecified atom stereocenters. The number of benzene rings is 1. The molecule has 1 aliphatic heterocycles. The molecule has 0 N–H and O–H groups in total. The predicted molar refractivity (Wildman–Crippen MR) is 119 cm³/mol. The van der Waals surface area contributed by atoms with Crippen LogP contribution in [0.25, 0.3) is 11.3 Å². The monoisotopic (exact) mass is 429 g/mol. The Morgan fingerprint density at radius 1 is 0.963 bits per heavy atom. The van der Waals surface area contributed by atoms with Gasteiger partial charge < -0.3 is 4.90 Å². The van der Waals surface area contributed by atoms with E-state index >= 15 is 0 Å². The average molecular weight is 430 g/mol. The molecule has 1 fully saturated rings. The van der Waals surface area contributed by atoms with E-state index in [9.17, 15) is 0 Å². The number of hydrogen-bond donors (Lipinski definition) is 0. The zero-order valence-corrected chi connectivity index (χ0v) is 18.3. The third-order valence-corrected chi connectivity index (χ3v) is 6.17. The summed E-state index contributed by atoms with van der Waals surface area (Å²) in [5.41, 5.74) is 2.22. The molecule has 1 saturated heterocycles. The van der Waals surface area contributed by atoms with Crippen LogP contribution in [0.1, 0.15) is 46.0 Å². The lowest BCUT2D eigenvalue weighted by atomic mass is 10.0. The summed E-state index contributed by atoms with van der Waals surface area (Å²) in [6, 6.07) is 15.5. The molecular formula is C23H32BrN3. The second kappa shape index (κ2) is 10.2. The number of halogens is 1. The van der Waals surface area contributed by atoms with Crippen molar-refractivity contribution in [2.24, 2.45) is 0 Å². The third-order valence-electron chi connectivity index (χ3n) is 5.64. The highest BCUT2D eigenvalue weighted by Gasteiger charge is 2.23. The van der Waals surface area contributed by atoms with Crippen LogP contribution in [-0.2, 0) is 0 Å². The lowest BCUT2D eigenvalue weighted by Crippen LogP contribution is -2.50. The van der Waals surface area contributed by atoms with Gasteiger partial charge in [-0.25, -0.2) is 4.98 Å². The summed E-state index contributed by atoms with van der Waals surface area (Å²) in [5, 5.41) is 0. The van der Waals surface area contributed by atoms with E-state index in [1.54, 1.807) is 0 Å². The highest BCUT2D eigenvalue weighted by atomic mass is 79.9. The van der Waals surface area contributed by atoms with E-state index in [0.717, 1.165) is 48.2 Å². The van der Waals surface area contributed by atoms with Gasteiger partial charge in [-0.3, -0.25) is 4.90 Å². The van der Waals surface area contributed by atoms with Crippen LogP contribution in [0.5, 0.6) is 0 Å². The van der Waals surface area contributed by atoms with Crippen molar-refractivity contribution in [2.45, 2.75) is 52.0 Å². The van der Waals surface area contributed by atoms with Crippen molar-refractivity contribution in [1.82, 2.24) is 9.88 Å². The van der Waals surface area contributed by atoms with E-state index in [4.69, 9.17) is 4.98 Å². The number of unbranched alkanes of at least 4 members (excludes halogenated alkanes) is 2. The molecule has 0 aliphatic carbocycles. The SMILES string of the molecule is CCCCCC(CC)N1CCN(c2cccc(-c3ccc(Br)cc3)n2)CC1. The number of rotatable bonds is 8. The Labute approximate surface area is 172 Å². The summed E-state index contributed by atoms with van der Waals surface area (Å²) in [5.74, 6) is 1.11. The maximum Gasteiger partial charge on any atom is 0.129 e. The first-order chi connectivity index (χ1) is 13.2. The Morgan fingerprint density at radius 3 is 2.37 bits per heavy atom. The summed E-state index contributed by atoms with van der Waals surface area (Å²) in [6.07, 6.45) is 6.66. The van der Waals surface area contributed by atoms with Gasteiger partial charge in [0.05, 0.1) is 5.69 Å². The second-order valence-electron chi connectivity index (χ2n) is 7.47. The summed E-state index contributed by atoms with van der Waals surface area (Å²) in [6.45, 7) is 9.06. The Kier molecular flexibility index (Phi) is 7.71. The molecule has 1 aliphatic rings. The van der Waals surface area contributed by atoms with Crippen LogP contribution in [0.3, 0.4) is 0 Å². The molecule has 0 radical (unpaired) electrons. The molecule has 0 bridgehead atoms. The standard InChI is InChI=1S/C23H32BrN3/c1-3-5-6-8-21(4-2)26-15-17-27(18-16-26)23-10-7-9-22(25-23)19-11-13-20(24)14-12-19/h7,9-14,21H,3-6,8,15-18H2,1-2H3. The fourth-order valence-corrected chi connectivity index (χ4v) is 4.24. The summed E-state index contributed by atoms with van der Waals surface area (Å²) in [7, 11) is 0. The fraction of sp³-hybridized carbons (Fsp3) is 0.522. The highest BCUT2D eigenvalue weighted by Crippen LogP contribution is 2.24. The molecule has 4 heteroatoms. The molecule has 146 valence electrons. The van der Waals surface area contributed by atoms with Gasteiger partial charge in [0, 0.05) is 42.3 Å². The van der Waals surface area contributed by atoms with E-state index in [1.807, 2.05) is 0 Å². The minimum Gasteiger partial charge on any atom is -0.354 e. The first kappa shape index (κ1) is 20.3. The van der Waals surface area contributed by atoms with Crippen molar-refractivity contribution in [1.29, 1.82) is 0 Å². The zero-order chi connectivity index (χ0) is 19.1. The molecule has 2 heterocycles. The third kappa shape index (κ3) is 5.55. The molecule has 1 aromatic carbocycles. The fourth-order valence-electron chi connectivity index (χ4n) is 3.97. The van der Waals surface area contributed by atoms with Crippen LogP contribution in [0.2, 0.25) is 0 Å². The topological polar surface area (TPSA) is 19.4 Å². The van der Waals surface area contributed by atoms with Gasteiger partial charge in [-0.05, 0) is 37.1 Å². The van der Waals surface area contributed by atoms with Gasteiger partial charge in [-0.2, -0.15) is 0 Å². The smallest absolute Gasteiger partial charge is 0.129 e. The number of pyridine rings is 1. The number of piperazine rings is 1. The van der Waals surface area contributed by atoms with Gasteiger partial charge in [0.25, 0.3) is 0 Å². The molecule has 0 spiro atoms. The Bertz CT molecular complexity index is 693.